The molecule has 2 rings (SSSR count). The number of anilines is 1. The Kier molecular flexibility index (Phi) is 11.0. The molecule has 2 aromatic rings. The van der Waals surface area contributed by atoms with E-state index in [0.717, 1.165) is 21.5 Å². The number of unbranched alkanes of at least 4 members (excludes halogenated alkanes) is 1. The fourth-order valence-corrected chi connectivity index (χ4v) is 4.80. The molecule has 0 spiro atoms. The Bertz CT molecular complexity index is 1080. The number of para-hydroxylation sites is 1. The van der Waals surface area contributed by atoms with Crippen molar-refractivity contribution in [2.45, 2.75) is 45.7 Å². The fraction of sp³-hybridized carbons (Fsp3) is 0.440. The van der Waals surface area contributed by atoms with Crippen LogP contribution in [0.5, 0.6) is 0 Å². The van der Waals surface area contributed by atoms with Crippen LogP contribution in [0.3, 0.4) is 0 Å². The maximum absolute atomic E-state index is 13.7. The van der Waals surface area contributed by atoms with Crippen molar-refractivity contribution in [1.82, 2.24) is 14.5 Å². The first-order valence-corrected chi connectivity index (χ1v) is 13.5. The van der Waals surface area contributed by atoms with Gasteiger partial charge in [-0.2, -0.15) is 12.7 Å². The summed E-state index contributed by atoms with van der Waals surface area (Å²) in [5.41, 5.74) is 1.02. The maximum Gasteiger partial charge on any atom is 0.304 e. The second-order valence-corrected chi connectivity index (χ2v) is 10.8. The van der Waals surface area contributed by atoms with Gasteiger partial charge in [-0.05, 0) is 36.6 Å². The molecule has 0 fully saturated rings. The predicted octanol–water partition coefficient (Wildman–Crippen LogP) is 3.68. The Morgan fingerprint density at radius 1 is 1.00 bits per heavy atom. The number of carbonyl (C=O) groups excluding carboxylic acids is 2. The quantitative estimate of drug-likeness (QED) is 0.406. The summed E-state index contributed by atoms with van der Waals surface area (Å²) in [6, 6.07) is 14.7. The number of rotatable bonds is 13. The zero-order chi connectivity index (χ0) is 26.0. The van der Waals surface area contributed by atoms with Crippen molar-refractivity contribution in [3.05, 3.63) is 65.2 Å². The second-order valence-electron chi connectivity index (χ2n) is 8.31. The van der Waals surface area contributed by atoms with Crippen molar-refractivity contribution in [3.8, 4) is 0 Å². The van der Waals surface area contributed by atoms with Crippen LogP contribution in [0.15, 0.2) is 54.6 Å². The minimum absolute atomic E-state index is 0.0723. The van der Waals surface area contributed by atoms with Gasteiger partial charge in [-0.1, -0.05) is 68.3 Å². The first-order valence-electron chi connectivity index (χ1n) is 11.7. The average molecular weight is 523 g/mol. The highest BCUT2D eigenvalue weighted by atomic mass is 35.5. The van der Waals surface area contributed by atoms with Crippen molar-refractivity contribution in [2.24, 2.45) is 0 Å². The highest BCUT2D eigenvalue weighted by Gasteiger charge is 2.33. The summed E-state index contributed by atoms with van der Waals surface area (Å²) in [6.07, 6.45) is 2.11. The van der Waals surface area contributed by atoms with Gasteiger partial charge >= 0.3 is 10.2 Å². The lowest BCUT2D eigenvalue weighted by Gasteiger charge is -2.34. The van der Waals surface area contributed by atoms with Crippen molar-refractivity contribution in [2.75, 3.05) is 31.5 Å². The molecule has 0 aromatic heterocycles. The van der Waals surface area contributed by atoms with E-state index in [4.69, 9.17) is 11.6 Å². The summed E-state index contributed by atoms with van der Waals surface area (Å²) < 4.78 is 28.4. The topological polar surface area (TPSA) is 90.0 Å². The van der Waals surface area contributed by atoms with Crippen molar-refractivity contribution in [1.29, 1.82) is 0 Å². The molecule has 0 aliphatic heterocycles. The van der Waals surface area contributed by atoms with Crippen molar-refractivity contribution < 1.29 is 18.0 Å². The molecule has 2 aromatic carbocycles. The number of halogens is 1. The summed E-state index contributed by atoms with van der Waals surface area (Å²) in [4.78, 5) is 28.2. The Morgan fingerprint density at radius 3 is 2.20 bits per heavy atom. The molecule has 192 valence electrons. The van der Waals surface area contributed by atoms with Gasteiger partial charge in [-0.25, -0.2) is 4.31 Å². The Hall–Kier alpha value is -2.62. The number of hydrogen-bond donors (Lipinski definition) is 1. The maximum atomic E-state index is 13.7. The molecule has 0 radical (unpaired) electrons. The van der Waals surface area contributed by atoms with E-state index in [-0.39, 0.29) is 12.5 Å². The number of nitrogens with zero attached hydrogens (tertiary/aromatic N) is 3. The third kappa shape index (κ3) is 7.68. The minimum Gasteiger partial charge on any atom is -0.354 e. The lowest BCUT2D eigenvalue weighted by Crippen LogP contribution is -2.53. The van der Waals surface area contributed by atoms with Crippen LogP contribution in [-0.2, 0) is 26.3 Å². The molecule has 10 heteroatoms. The van der Waals surface area contributed by atoms with Gasteiger partial charge in [0.25, 0.3) is 0 Å². The van der Waals surface area contributed by atoms with Gasteiger partial charge in [-0.15, -0.1) is 0 Å². The smallest absolute Gasteiger partial charge is 0.304 e. The molecule has 0 aliphatic carbocycles. The second kappa shape index (κ2) is 13.5. The van der Waals surface area contributed by atoms with E-state index >= 15 is 0 Å². The highest BCUT2D eigenvalue weighted by Crippen LogP contribution is 2.23. The largest absolute Gasteiger partial charge is 0.354 e. The van der Waals surface area contributed by atoms with E-state index in [9.17, 15) is 18.0 Å². The summed E-state index contributed by atoms with van der Waals surface area (Å²) in [7, 11) is -1.16. The van der Waals surface area contributed by atoms with Crippen LogP contribution < -0.4 is 9.62 Å². The zero-order valence-electron chi connectivity index (χ0n) is 20.8. The van der Waals surface area contributed by atoms with Gasteiger partial charge in [0.05, 0.1) is 5.69 Å². The Labute approximate surface area is 214 Å². The lowest BCUT2D eigenvalue weighted by molar-refractivity contribution is -0.140. The molecule has 35 heavy (non-hydrogen) atoms. The summed E-state index contributed by atoms with van der Waals surface area (Å²) in [5.74, 6) is -0.778. The minimum atomic E-state index is -3.98. The van der Waals surface area contributed by atoms with Crippen LogP contribution in [0, 0.1) is 0 Å². The number of nitrogens with one attached hydrogen (secondary N) is 1. The zero-order valence-corrected chi connectivity index (χ0v) is 22.3. The van der Waals surface area contributed by atoms with Crippen LogP contribution >= 0.6 is 11.6 Å². The van der Waals surface area contributed by atoms with Crippen LogP contribution in [0.1, 0.15) is 38.7 Å². The third-order valence-corrected chi connectivity index (χ3v) is 7.77. The van der Waals surface area contributed by atoms with E-state index in [2.05, 4.69) is 5.32 Å². The molecule has 0 heterocycles. The molecule has 1 N–H and O–H groups in total. The summed E-state index contributed by atoms with van der Waals surface area (Å²) >= 11 is 6.37. The molecule has 2 amide bonds. The van der Waals surface area contributed by atoms with Crippen LogP contribution in [0.2, 0.25) is 5.02 Å². The van der Waals surface area contributed by atoms with Crippen molar-refractivity contribution >= 4 is 39.3 Å². The van der Waals surface area contributed by atoms with E-state index in [1.165, 1.54) is 19.0 Å². The van der Waals surface area contributed by atoms with Crippen LogP contribution in [0.25, 0.3) is 0 Å². The number of amides is 2. The lowest BCUT2D eigenvalue weighted by atomic mass is 10.1. The van der Waals surface area contributed by atoms with Gasteiger partial charge in [0, 0.05) is 32.2 Å². The van der Waals surface area contributed by atoms with E-state index in [0.29, 0.717) is 29.2 Å². The first kappa shape index (κ1) is 28.6. The predicted molar refractivity (Wildman–Crippen MR) is 140 cm³/mol. The van der Waals surface area contributed by atoms with Crippen molar-refractivity contribution in [3.63, 3.8) is 0 Å². The molecule has 8 nitrogen and oxygen atoms in total. The van der Waals surface area contributed by atoms with Gasteiger partial charge in [0.15, 0.2) is 0 Å². The average Bonchev–Trinajstić information content (AvgIpc) is 2.83. The molecule has 1 atom stereocenters. The first-order chi connectivity index (χ1) is 16.6. The Balaban J connectivity index is 2.45. The standard InChI is InChI=1S/C25H35ClN4O4S/c1-5-7-17-27-25(32)23(6-2)29(18-20-13-11-12-16-22(20)26)24(31)19-30(35(33,34)28(3)4)21-14-9-8-10-15-21/h8-16,23H,5-7,17-19H2,1-4H3,(H,27,32). The van der Waals surface area contributed by atoms with E-state index in [1.807, 2.05) is 13.8 Å². The number of hydrogen-bond acceptors (Lipinski definition) is 4. The monoisotopic (exact) mass is 522 g/mol. The molecular formula is C25H35ClN4O4S. The molecular weight excluding hydrogens is 488 g/mol. The normalized spacial score (nSPS) is 12.3. The third-order valence-electron chi connectivity index (χ3n) is 5.58. The van der Waals surface area contributed by atoms with Crippen LogP contribution in [0.4, 0.5) is 5.69 Å². The molecule has 1 unspecified atom stereocenters. The molecule has 0 bridgehead atoms. The number of benzene rings is 2. The van der Waals surface area contributed by atoms with E-state index < -0.39 is 28.7 Å². The fourth-order valence-electron chi connectivity index (χ4n) is 3.55. The molecule has 0 aliphatic rings. The van der Waals surface area contributed by atoms with Gasteiger partial charge in [-0.3, -0.25) is 9.59 Å². The summed E-state index contributed by atoms with van der Waals surface area (Å²) in [6.45, 7) is 3.96. The number of carbonyl (C=O) groups is 2. The van der Waals surface area contributed by atoms with Gasteiger partial charge in [0.1, 0.15) is 12.6 Å². The van der Waals surface area contributed by atoms with Gasteiger partial charge in [0.2, 0.25) is 11.8 Å². The van der Waals surface area contributed by atoms with E-state index in [1.54, 1.807) is 54.6 Å². The molecule has 0 saturated carbocycles. The van der Waals surface area contributed by atoms with Gasteiger partial charge < -0.3 is 10.2 Å². The highest BCUT2D eigenvalue weighted by molar-refractivity contribution is 7.90. The Morgan fingerprint density at radius 2 is 1.63 bits per heavy atom. The SMILES string of the molecule is CCCCNC(=O)C(CC)N(Cc1ccccc1Cl)C(=O)CN(c1ccccc1)S(=O)(=O)N(C)C. The van der Waals surface area contributed by atoms with Crippen LogP contribution in [-0.4, -0.2) is 62.7 Å². The summed E-state index contributed by atoms with van der Waals surface area (Å²) in [5, 5.41) is 3.36. The molecule has 0 saturated heterocycles.